The van der Waals surface area contributed by atoms with Crippen LogP contribution in [0.2, 0.25) is 0 Å². The Kier molecular flexibility index (Phi) is 5.20. The molecule has 0 saturated carbocycles. The number of methoxy groups -OCH3 is 1. The van der Waals surface area contributed by atoms with E-state index in [0.29, 0.717) is 5.69 Å². The predicted octanol–water partition coefficient (Wildman–Crippen LogP) is 3.22. The predicted molar refractivity (Wildman–Crippen MR) is 65.5 cm³/mol. The number of rotatable bonds is 5. The summed E-state index contributed by atoms with van der Waals surface area (Å²) < 4.78 is 9.49. The molecular formula is C13H17NO3. The van der Waals surface area contributed by atoms with E-state index in [-0.39, 0.29) is 5.76 Å². The fourth-order valence-corrected chi connectivity index (χ4v) is 1.33. The van der Waals surface area contributed by atoms with Crippen molar-refractivity contribution in [1.29, 1.82) is 0 Å². The van der Waals surface area contributed by atoms with Crippen molar-refractivity contribution in [2.45, 2.75) is 26.7 Å². The molecule has 0 spiro atoms. The van der Waals surface area contributed by atoms with E-state index in [2.05, 4.69) is 16.8 Å². The zero-order valence-electron chi connectivity index (χ0n) is 10.4. The molecule has 0 aliphatic rings. The van der Waals surface area contributed by atoms with Crippen molar-refractivity contribution in [2.24, 2.45) is 0 Å². The summed E-state index contributed by atoms with van der Waals surface area (Å²) in [7, 11) is 1.31. The normalized spacial score (nSPS) is 12.1. The van der Waals surface area contributed by atoms with Gasteiger partial charge in [-0.2, -0.15) is 0 Å². The largest absolute Gasteiger partial charge is 0.463 e. The second-order valence-electron chi connectivity index (χ2n) is 3.45. The molecule has 17 heavy (non-hydrogen) atoms. The van der Waals surface area contributed by atoms with Gasteiger partial charge in [-0.05, 0) is 18.4 Å². The van der Waals surface area contributed by atoms with Crippen LogP contribution in [0, 0.1) is 0 Å². The molecule has 1 heterocycles. The van der Waals surface area contributed by atoms with Gasteiger partial charge in [-0.3, -0.25) is 0 Å². The molecule has 4 nitrogen and oxygen atoms in total. The van der Waals surface area contributed by atoms with E-state index in [4.69, 9.17) is 4.52 Å². The van der Waals surface area contributed by atoms with E-state index >= 15 is 0 Å². The standard InChI is InChI=1S/C13H17NO3/c1-4-6-8-10(7-5-2)11-9-12(17-14-11)13(15)16-3/h6-9H,4-5H2,1-3H3/b8-6-,10-7+. The summed E-state index contributed by atoms with van der Waals surface area (Å²) in [5.41, 5.74) is 1.60. The second kappa shape index (κ2) is 6.68. The van der Waals surface area contributed by atoms with Crippen molar-refractivity contribution in [2.75, 3.05) is 7.11 Å². The lowest BCUT2D eigenvalue weighted by Crippen LogP contribution is -1.98. The van der Waals surface area contributed by atoms with Crippen molar-refractivity contribution < 1.29 is 14.1 Å². The fraction of sp³-hybridized carbons (Fsp3) is 0.385. The molecule has 0 aliphatic carbocycles. The van der Waals surface area contributed by atoms with Crippen LogP contribution >= 0.6 is 0 Å². The van der Waals surface area contributed by atoms with E-state index in [1.807, 2.05) is 25.2 Å². The number of ether oxygens (including phenoxy) is 1. The summed E-state index contributed by atoms with van der Waals surface area (Å²) in [6, 6.07) is 1.59. The molecule has 1 aromatic heterocycles. The first kappa shape index (κ1) is 13.2. The highest BCUT2D eigenvalue weighted by molar-refractivity contribution is 5.87. The number of hydrogen-bond acceptors (Lipinski definition) is 4. The Balaban J connectivity index is 2.96. The molecule has 0 fully saturated rings. The summed E-state index contributed by atoms with van der Waals surface area (Å²) in [5, 5.41) is 3.86. The zero-order valence-corrected chi connectivity index (χ0v) is 10.4. The third-order valence-corrected chi connectivity index (χ3v) is 2.15. The topological polar surface area (TPSA) is 52.3 Å². The smallest absolute Gasteiger partial charge is 0.376 e. The minimum absolute atomic E-state index is 0.120. The maximum atomic E-state index is 11.2. The van der Waals surface area contributed by atoms with Crippen molar-refractivity contribution in [3.8, 4) is 0 Å². The molecule has 4 heteroatoms. The molecule has 0 aliphatic heterocycles. The molecule has 92 valence electrons. The molecule has 0 unspecified atom stereocenters. The Bertz CT molecular complexity index is 430. The van der Waals surface area contributed by atoms with Crippen LogP contribution in [-0.2, 0) is 4.74 Å². The molecular weight excluding hydrogens is 218 g/mol. The third kappa shape index (κ3) is 3.59. The quantitative estimate of drug-likeness (QED) is 0.580. The Labute approximate surface area is 101 Å². The first-order valence-corrected chi connectivity index (χ1v) is 5.65. The van der Waals surface area contributed by atoms with Gasteiger partial charge < -0.3 is 9.26 Å². The minimum Gasteiger partial charge on any atom is -0.463 e. The maximum Gasteiger partial charge on any atom is 0.376 e. The van der Waals surface area contributed by atoms with Crippen molar-refractivity contribution in [3.05, 3.63) is 35.7 Å². The SMILES string of the molecule is CC/C=C\C(=C/CC)c1cc(C(=O)OC)on1. The first-order valence-electron chi connectivity index (χ1n) is 5.65. The van der Waals surface area contributed by atoms with Gasteiger partial charge in [0.1, 0.15) is 5.69 Å². The third-order valence-electron chi connectivity index (χ3n) is 2.15. The lowest BCUT2D eigenvalue weighted by molar-refractivity contribution is 0.0554. The number of allylic oxidation sites excluding steroid dienone is 4. The summed E-state index contributed by atoms with van der Waals surface area (Å²) >= 11 is 0. The Morgan fingerprint density at radius 2 is 2.24 bits per heavy atom. The summed E-state index contributed by atoms with van der Waals surface area (Å²) in [6.45, 7) is 4.10. The number of nitrogens with zero attached hydrogens (tertiary/aromatic N) is 1. The van der Waals surface area contributed by atoms with Gasteiger partial charge in [-0.15, -0.1) is 0 Å². The number of carbonyl (C=O) groups excluding carboxylic acids is 1. The van der Waals surface area contributed by atoms with Crippen LogP contribution in [-0.4, -0.2) is 18.2 Å². The van der Waals surface area contributed by atoms with E-state index in [1.54, 1.807) is 6.07 Å². The van der Waals surface area contributed by atoms with Gasteiger partial charge in [0.05, 0.1) is 7.11 Å². The molecule has 0 aromatic carbocycles. The van der Waals surface area contributed by atoms with Crippen LogP contribution < -0.4 is 0 Å². The van der Waals surface area contributed by atoms with E-state index < -0.39 is 5.97 Å². The molecule has 0 atom stereocenters. The van der Waals surface area contributed by atoms with Crippen LogP contribution in [0.4, 0.5) is 0 Å². The van der Waals surface area contributed by atoms with Crippen LogP contribution in [0.3, 0.4) is 0 Å². The molecule has 0 amide bonds. The van der Waals surface area contributed by atoms with Crippen LogP contribution in [0.15, 0.2) is 28.8 Å². The first-order chi connectivity index (χ1) is 8.22. The Morgan fingerprint density at radius 3 is 2.82 bits per heavy atom. The van der Waals surface area contributed by atoms with Gasteiger partial charge in [0, 0.05) is 6.07 Å². The van der Waals surface area contributed by atoms with E-state index in [1.165, 1.54) is 7.11 Å². The van der Waals surface area contributed by atoms with Crippen LogP contribution in [0.1, 0.15) is 42.9 Å². The number of aromatic nitrogens is 1. The van der Waals surface area contributed by atoms with Gasteiger partial charge in [-0.25, -0.2) is 4.79 Å². The van der Waals surface area contributed by atoms with Gasteiger partial charge in [0.2, 0.25) is 5.76 Å². The molecule has 1 rings (SSSR count). The molecule has 1 aromatic rings. The van der Waals surface area contributed by atoms with Gasteiger partial charge in [0.15, 0.2) is 0 Å². The highest BCUT2D eigenvalue weighted by Gasteiger charge is 2.14. The van der Waals surface area contributed by atoms with Crippen LogP contribution in [0.5, 0.6) is 0 Å². The highest BCUT2D eigenvalue weighted by Crippen LogP contribution is 2.17. The lowest BCUT2D eigenvalue weighted by Gasteiger charge is -1.94. The van der Waals surface area contributed by atoms with Gasteiger partial charge in [-0.1, -0.05) is 37.2 Å². The average Bonchev–Trinajstić information content (AvgIpc) is 2.83. The Hall–Kier alpha value is -1.84. The van der Waals surface area contributed by atoms with Crippen LogP contribution in [0.25, 0.3) is 5.57 Å². The molecule has 0 radical (unpaired) electrons. The fourth-order valence-electron chi connectivity index (χ4n) is 1.33. The maximum absolute atomic E-state index is 11.2. The zero-order chi connectivity index (χ0) is 12.7. The van der Waals surface area contributed by atoms with Crippen molar-refractivity contribution in [3.63, 3.8) is 0 Å². The van der Waals surface area contributed by atoms with Crippen molar-refractivity contribution >= 4 is 11.5 Å². The lowest BCUT2D eigenvalue weighted by atomic mass is 10.1. The number of hydrogen-bond donors (Lipinski definition) is 0. The molecule has 0 N–H and O–H groups in total. The van der Waals surface area contributed by atoms with Crippen molar-refractivity contribution in [1.82, 2.24) is 5.16 Å². The average molecular weight is 235 g/mol. The number of carbonyl (C=O) groups is 1. The van der Waals surface area contributed by atoms with E-state index in [9.17, 15) is 4.79 Å². The highest BCUT2D eigenvalue weighted by atomic mass is 16.5. The second-order valence-corrected chi connectivity index (χ2v) is 3.45. The Morgan fingerprint density at radius 1 is 1.47 bits per heavy atom. The summed E-state index contributed by atoms with van der Waals surface area (Å²) in [5.74, 6) is -0.395. The van der Waals surface area contributed by atoms with Gasteiger partial charge >= 0.3 is 5.97 Å². The molecule has 0 saturated heterocycles. The summed E-state index contributed by atoms with van der Waals surface area (Å²) in [4.78, 5) is 11.2. The number of esters is 1. The molecule has 0 bridgehead atoms. The van der Waals surface area contributed by atoms with E-state index in [0.717, 1.165) is 18.4 Å². The van der Waals surface area contributed by atoms with Gasteiger partial charge in [0.25, 0.3) is 0 Å². The monoisotopic (exact) mass is 235 g/mol. The summed E-state index contributed by atoms with van der Waals surface area (Å²) in [6.07, 6.45) is 7.88. The minimum atomic E-state index is -0.515.